The number of piperidine rings is 1. The molecule has 154 valence electrons. The quantitative estimate of drug-likeness (QED) is 0.856. The average Bonchev–Trinajstić information content (AvgIpc) is 2.73. The van der Waals surface area contributed by atoms with E-state index >= 15 is 0 Å². The van der Waals surface area contributed by atoms with Crippen molar-refractivity contribution in [3.8, 4) is 5.88 Å². The van der Waals surface area contributed by atoms with E-state index in [1.807, 2.05) is 55.1 Å². The monoisotopic (exact) mass is 396 g/mol. The number of benzene rings is 1. The number of aliphatic hydroxyl groups excluding tert-OH is 1. The number of carbonyl (C=O) groups excluding carboxylic acids is 1. The lowest BCUT2D eigenvalue weighted by atomic mass is 9.82. The summed E-state index contributed by atoms with van der Waals surface area (Å²) in [6.45, 7) is 5.76. The molecule has 3 heterocycles. The Kier molecular flexibility index (Phi) is 5.56. The highest BCUT2D eigenvalue weighted by Gasteiger charge is 2.44. The molecule has 1 unspecified atom stereocenters. The first-order chi connectivity index (χ1) is 14.0. The van der Waals surface area contributed by atoms with E-state index in [0.717, 1.165) is 11.1 Å². The summed E-state index contributed by atoms with van der Waals surface area (Å²) in [5.74, 6) is 0.552. The van der Waals surface area contributed by atoms with Crippen molar-refractivity contribution in [2.75, 3.05) is 13.1 Å². The third-order valence-electron chi connectivity index (χ3n) is 5.78. The highest BCUT2D eigenvalue weighted by molar-refractivity contribution is 5.94. The van der Waals surface area contributed by atoms with Crippen molar-refractivity contribution in [1.29, 1.82) is 0 Å². The van der Waals surface area contributed by atoms with Crippen molar-refractivity contribution in [2.45, 2.75) is 57.5 Å². The number of aromatic nitrogens is 1. The van der Waals surface area contributed by atoms with Gasteiger partial charge in [0.05, 0.1) is 18.8 Å². The number of pyridine rings is 1. The third-order valence-corrected chi connectivity index (χ3v) is 5.78. The van der Waals surface area contributed by atoms with Gasteiger partial charge >= 0.3 is 0 Å². The SMILES string of the molecule is CC(C)OCc1ccc(C(=O)N2CCC3(CC2)CC(O)c2cccnc2O3)cc1. The molecule has 6 heteroatoms. The van der Waals surface area contributed by atoms with Crippen LogP contribution in [0.4, 0.5) is 0 Å². The second kappa shape index (κ2) is 8.13. The maximum Gasteiger partial charge on any atom is 0.253 e. The molecule has 0 saturated carbocycles. The van der Waals surface area contributed by atoms with Gasteiger partial charge in [0, 0.05) is 49.7 Å². The van der Waals surface area contributed by atoms with E-state index < -0.39 is 11.7 Å². The highest BCUT2D eigenvalue weighted by Crippen LogP contribution is 2.43. The lowest BCUT2D eigenvalue weighted by Crippen LogP contribution is -2.52. The van der Waals surface area contributed by atoms with Gasteiger partial charge < -0.3 is 19.5 Å². The van der Waals surface area contributed by atoms with Crippen molar-refractivity contribution in [3.05, 3.63) is 59.3 Å². The van der Waals surface area contributed by atoms with Gasteiger partial charge in [0.1, 0.15) is 5.60 Å². The van der Waals surface area contributed by atoms with E-state index in [9.17, 15) is 9.90 Å². The van der Waals surface area contributed by atoms with Crippen molar-refractivity contribution >= 4 is 5.91 Å². The summed E-state index contributed by atoms with van der Waals surface area (Å²) in [5, 5.41) is 10.5. The molecule has 1 aromatic heterocycles. The fourth-order valence-corrected chi connectivity index (χ4v) is 4.06. The van der Waals surface area contributed by atoms with Gasteiger partial charge in [-0.2, -0.15) is 0 Å². The summed E-state index contributed by atoms with van der Waals surface area (Å²) < 4.78 is 11.8. The number of carbonyl (C=O) groups is 1. The van der Waals surface area contributed by atoms with Gasteiger partial charge in [0.25, 0.3) is 5.91 Å². The molecule has 1 N–H and O–H groups in total. The minimum absolute atomic E-state index is 0.0334. The summed E-state index contributed by atoms with van der Waals surface area (Å²) in [6, 6.07) is 11.3. The Balaban J connectivity index is 1.38. The number of hydrogen-bond donors (Lipinski definition) is 1. The van der Waals surface area contributed by atoms with Crippen molar-refractivity contribution in [2.24, 2.45) is 0 Å². The molecule has 1 aromatic carbocycles. The molecule has 1 amide bonds. The van der Waals surface area contributed by atoms with Gasteiger partial charge in [0.15, 0.2) is 0 Å². The second-order valence-corrected chi connectivity index (χ2v) is 8.25. The van der Waals surface area contributed by atoms with Crippen LogP contribution < -0.4 is 4.74 Å². The smallest absolute Gasteiger partial charge is 0.253 e. The number of rotatable bonds is 4. The van der Waals surface area contributed by atoms with Crippen LogP contribution in [0.5, 0.6) is 5.88 Å². The first-order valence-electron chi connectivity index (χ1n) is 10.3. The normalized spacial score (nSPS) is 20.4. The lowest BCUT2D eigenvalue weighted by molar-refractivity contribution is -0.0528. The first kappa shape index (κ1) is 19.9. The van der Waals surface area contributed by atoms with Crippen molar-refractivity contribution < 1.29 is 19.4 Å². The van der Waals surface area contributed by atoms with Gasteiger partial charge in [-0.1, -0.05) is 12.1 Å². The zero-order chi connectivity index (χ0) is 20.4. The second-order valence-electron chi connectivity index (χ2n) is 8.25. The maximum atomic E-state index is 12.9. The number of aliphatic hydroxyl groups is 1. The van der Waals surface area contributed by atoms with E-state index in [1.165, 1.54) is 0 Å². The Morgan fingerprint density at radius 1 is 1.28 bits per heavy atom. The topological polar surface area (TPSA) is 71.9 Å². The van der Waals surface area contributed by atoms with Gasteiger partial charge in [0.2, 0.25) is 5.88 Å². The van der Waals surface area contributed by atoms with Crippen LogP contribution in [-0.4, -0.2) is 45.7 Å². The van der Waals surface area contributed by atoms with Gasteiger partial charge in [-0.25, -0.2) is 4.98 Å². The number of likely N-dealkylation sites (tertiary alicyclic amines) is 1. The van der Waals surface area contributed by atoms with Crippen LogP contribution in [-0.2, 0) is 11.3 Å². The zero-order valence-corrected chi connectivity index (χ0v) is 17.0. The molecule has 2 aliphatic heterocycles. The molecule has 1 spiro atoms. The molecule has 1 atom stereocenters. The number of amides is 1. The Hall–Kier alpha value is -2.44. The molecule has 0 bridgehead atoms. The molecule has 1 fully saturated rings. The number of fused-ring (bicyclic) bond motifs is 1. The Morgan fingerprint density at radius 2 is 2.00 bits per heavy atom. The molecule has 1 saturated heterocycles. The van der Waals surface area contributed by atoms with Crippen LogP contribution in [0.3, 0.4) is 0 Å². The zero-order valence-electron chi connectivity index (χ0n) is 17.0. The number of hydrogen-bond acceptors (Lipinski definition) is 5. The van der Waals surface area contributed by atoms with Crippen LogP contribution in [0.1, 0.15) is 60.7 Å². The van der Waals surface area contributed by atoms with Crippen LogP contribution in [0.15, 0.2) is 42.6 Å². The van der Waals surface area contributed by atoms with Crippen LogP contribution in [0, 0.1) is 0 Å². The van der Waals surface area contributed by atoms with Crippen LogP contribution in [0.25, 0.3) is 0 Å². The molecular weight excluding hydrogens is 368 g/mol. The van der Waals surface area contributed by atoms with Gasteiger partial charge in [-0.15, -0.1) is 0 Å². The first-order valence-corrected chi connectivity index (χ1v) is 10.3. The Labute approximate surface area is 171 Å². The number of nitrogens with zero attached hydrogens (tertiary/aromatic N) is 2. The van der Waals surface area contributed by atoms with E-state index in [-0.39, 0.29) is 12.0 Å². The standard InChI is InChI=1S/C23H28N2O4/c1-16(2)28-15-17-5-7-18(8-6-17)22(27)25-12-9-23(10-13-25)14-20(26)19-4-3-11-24-21(19)29-23/h3-8,11,16,20,26H,9-10,12-15H2,1-2H3. The van der Waals surface area contributed by atoms with E-state index in [4.69, 9.17) is 9.47 Å². The lowest BCUT2D eigenvalue weighted by Gasteiger charge is -2.45. The molecule has 0 radical (unpaired) electrons. The number of ether oxygens (including phenoxy) is 2. The average molecular weight is 396 g/mol. The fourth-order valence-electron chi connectivity index (χ4n) is 4.06. The van der Waals surface area contributed by atoms with E-state index in [0.29, 0.717) is 50.4 Å². The summed E-state index contributed by atoms with van der Waals surface area (Å²) >= 11 is 0. The Bertz CT molecular complexity index is 857. The molecule has 29 heavy (non-hydrogen) atoms. The van der Waals surface area contributed by atoms with Gasteiger partial charge in [-0.05, 0) is 43.7 Å². The van der Waals surface area contributed by atoms with Crippen LogP contribution in [0.2, 0.25) is 0 Å². The molecule has 2 aromatic rings. The minimum Gasteiger partial charge on any atom is -0.471 e. The van der Waals surface area contributed by atoms with Crippen LogP contribution >= 0.6 is 0 Å². The predicted molar refractivity (Wildman–Crippen MR) is 109 cm³/mol. The fraction of sp³-hybridized carbons (Fsp3) is 0.478. The van der Waals surface area contributed by atoms with Crippen molar-refractivity contribution in [1.82, 2.24) is 9.88 Å². The summed E-state index contributed by atoms with van der Waals surface area (Å²) in [4.78, 5) is 19.1. The maximum absolute atomic E-state index is 12.9. The Morgan fingerprint density at radius 3 is 2.69 bits per heavy atom. The summed E-state index contributed by atoms with van der Waals surface area (Å²) in [5.41, 5.74) is 2.04. The molecular formula is C23H28N2O4. The van der Waals surface area contributed by atoms with Crippen molar-refractivity contribution in [3.63, 3.8) is 0 Å². The molecule has 0 aliphatic carbocycles. The van der Waals surface area contributed by atoms with E-state index in [1.54, 1.807) is 6.20 Å². The molecule has 4 rings (SSSR count). The molecule has 2 aliphatic rings. The predicted octanol–water partition coefficient (Wildman–Crippen LogP) is 3.50. The molecule has 6 nitrogen and oxygen atoms in total. The summed E-state index contributed by atoms with van der Waals surface area (Å²) in [7, 11) is 0. The largest absolute Gasteiger partial charge is 0.471 e. The minimum atomic E-state index is -0.574. The summed E-state index contributed by atoms with van der Waals surface area (Å²) in [6.07, 6.45) is 3.20. The third kappa shape index (κ3) is 4.28. The highest BCUT2D eigenvalue weighted by atomic mass is 16.5. The van der Waals surface area contributed by atoms with E-state index in [2.05, 4.69) is 4.98 Å². The van der Waals surface area contributed by atoms with Gasteiger partial charge in [-0.3, -0.25) is 4.79 Å².